The molecular weight excluding hydrogens is 519 g/mol. The Morgan fingerprint density at radius 2 is 2.14 bits per heavy atom. The fourth-order valence-electron chi connectivity index (χ4n) is 4.90. The molecule has 4 aromatic heterocycles. The van der Waals surface area contributed by atoms with E-state index in [9.17, 15) is 18.7 Å². The molecule has 6 rings (SSSR count). The van der Waals surface area contributed by atoms with Gasteiger partial charge in [0.05, 0.1) is 49.8 Å². The summed E-state index contributed by atoms with van der Waals surface area (Å²) >= 11 is 6.30. The lowest BCUT2D eigenvalue weighted by Gasteiger charge is -2.27. The van der Waals surface area contributed by atoms with Crippen LogP contribution in [0.4, 0.5) is 10.2 Å². The molecule has 0 unspecified atom stereocenters. The SMILES string of the molecule is C[S@@](=O)c1c[nH]c2ncnc(N3C[C@@H](C#N)C[C@H]3c3nn4ccc(Cl)c4c(=O)n3-c3cccc(F)c3)c12. The molecule has 3 atom stereocenters. The van der Waals surface area contributed by atoms with Crippen molar-refractivity contribution in [1.29, 1.82) is 5.26 Å². The maximum Gasteiger partial charge on any atom is 0.284 e. The van der Waals surface area contributed by atoms with Gasteiger partial charge in [-0.15, -0.1) is 0 Å². The molecule has 0 radical (unpaired) electrons. The number of hydrogen-bond donors (Lipinski definition) is 1. The smallest absolute Gasteiger partial charge is 0.284 e. The molecule has 1 aromatic carbocycles. The highest BCUT2D eigenvalue weighted by Gasteiger charge is 2.39. The van der Waals surface area contributed by atoms with Gasteiger partial charge >= 0.3 is 0 Å². The van der Waals surface area contributed by atoms with Gasteiger partial charge in [-0.3, -0.25) is 13.6 Å². The van der Waals surface area contributed by atoms with Crippen molar-refractivity contribution in [3.63, 3.8) is 0 Å². The quantitative estimate of drug-likeness (QED) is 0.373. The molecule has 5 heterocycles. The van der Waals surface area contributed by atoms with Gasteiger partial charge < -0.3 is 9.88 Å². The third kappa shape index (κ3) is 3.70. The van der Waals surface area contributed by atoms with Crippen molar-refractivity contribution in [1.82, 2.24) is 29.1 Å². The number of aromatic nitrogens is 6. The van der Waals surface area contributed by atoms with Gasteiger partial charge in [0.1, 0.15) is 29.1 Å². The summed E-state index contributed by atoms with van der Waals surface area (Å²) in [7, 11) is -1.34. The van der Waals surface area contributed by atoms with Crippen LogP contribution in [-0.4, -0.2) is 46.1 Å². The Labute approximate surface area is 216 Å². The number of nitriles is 1. The largest absolute Gasteiger partial charge is 0.345 e. The van der Waals surface area contributed by atoms with E-state index in [1.54, 1.807) is 30.8 Å². The molecule has 1 N–H and O–H groups in total. The van der Waals surface area contributed by atoms with Gasteiger partial charge in [-0.25, -0.2) is 18.9 Å². The topological polar surface area (TPSA) is 125 Å². The minimum atomic E-state index is -1.34. The number of aromatic amines is 1. The zero-order valence-corrected chi connectivity index (χ0v) is 20.9. The summed E-state index contributed by atoms with van der Waals surface area (Å²) in [5, 5.41) is 15.3. The van der Waals surface area contributed by atoms with Gasteiger partial charge in [0.25, 0.3) is 5.56 Å². The highest BCUT2D eigenvalue weighted by Crippen LogP contribution is 2.41. The average molecular weight is 537 g/mol. The van der Waals surface area contributed by atoms with E-state index in [0.717, 1.165) is 0 Å². The Morgan fingerprint density at radius 3 is 2.89 bits per heavy atom. The van der Waals surface area contributed by atoms with Gasteiger partial charge in [0.15, 0.2) is 5.82 Å². The Kier molecular flexibility index (Phi) is 5.54. The second-order valence-corrected chi connectivity index (χ2v) is 10.4. The molecule has 1 fully saturated rings. The molecule has 0 bridgehead atoms. The van der Waals surface area contributed by atoms with Crippen LogP contribution in [0.1, 0.15) is 18.3 Å². The van der Waals surface area contributed by atoms with Crippen LogP contribution < -0.4 is 10.5 Å². The molecule has 0 spiro atoms. The van der Waals surface area contributed by atoms with E-state index < -0.39 is 34.1 Å². The summed E-state index contributed by atoms with van der Waals surface area (Å²) in [6.07, 6.45) is 6.48. The Morgan fingerprint density at radius 1 is 1.30 bits per heavy atom. The molecule has 1 saturated heterocycles. The van der Waals surface area contributed by atoms with Crippen LogP contribution in [0.25, 0.3) is 22.2 Å². The number of fused-ring (bicyclic) bond motifs is 2. The van der Waals surface area contributed by atoms with Crippen LogP contribution in [0.5, 0.6) is 0 Å². The number of anilines is 1. The van der Waals surface area contributed by atoms with Gasteiger partial charge in [0.2, 0.25) is 0 Å². The van der Waals surface area contributed by atoms with E-state index in [4.69, 9.17) is 16.7 Å². The lowest BCUT2D eigenvalue weighted by atomic mass is 10.1. The molecule has 0 aliphatic carbocycles. The number of benzene rings is 1. The molecule has 13 heteroatoms. The summed E-state index contributed by atoms with van der Waals surface area (Å²) in [5.74, 6) is -0.180. The molecule has 37 heavy (non-hydrogen) atoms. The van der Waals surface area contributed by atoms with Gasteiger partial charge in [-0.1, -0.05) is 17.7 Å². The Balaban J connectivity index is 1.64. The zero-order valence-electron chi connectivity index (χ0n) is 19.3. The molecular formula is C24H18ClFN8O2S. The van der Waals surface area contributed by atoms with Crippen molar-refractivity contribution in [3.05, 3.63) is 76.1 Å². The number of H-pyrrole nitrogens is 1. The van der Waals surface area contributed by atoms with Crippen LogP contribution >= 0.6 is 11.6 Å². The predicted molar refractivity (Wildman–Crippen MR) is 136 cm³/mol. The number of nitrogens with one attached hydrogen (secondary N) is 1. The average Bonchev–Trinajstić information content (AvgIpc) is 3.60. The maximum atomic E-state index is 14.3. The van der Waals surface area contributed by atoms with Crippen molar-refractivity contribution in [2.45, 2.75) is 17.4 Å². The highest BCUT2D eigenvalue weighted by molar-refractivity contribution is 7.84. The first-order chi connectivity index (χ1) is 17.9. The second kappa shape index (κ2) is 8.79. The van der Waals surface area contributed by atoms with E-state index in [2.05, 4.69) is 21.0 Å². The van der Waals surface area contributed by atoms with E-state index in [1.807, 2.05) is 4.90 Å². The third-order valence-electron chi connectivity index (χ3n) is 6.51. The van der Waals surface area contributed by atoms with Crippen LogP contribution in [0.3, 0.4) is 0 Å². The maximum absolute atomic E-state index is 14.3. The molecule has 10 nitrogen and oxygen atoms in total. The summed E-state index contributed by atoms with van der Waals surface area (Å²) in [6.45, 7) is 0.289. The van der Waals surface area contributed by atoms with E-state index in [-0.39, 0.29) is 28.6 Å². The Bertz CT molecular complexity index is 1820. The van der Waals surface area contributed by atoms with Crippen molar-refractivity contribution in [2.24, 2.45) is 5.92 Å². The molecule has 0 amide bonds. The van der Waals surface area contributed by atoms with Gasteiger partial charge in [0, 0.05) is 25.2 Å². The summed E-state index contributed by atoms with van der Waals surface area (Å²) in [5.41, 5.74) is 0.445. The van der Waals surface area contributed by atoms with Gasteiger partial charge in [-0.2, -0.15) is 10.4 Å². The molecule has 0 saturated carbocycles. The summed E-state index contributed by atoms with van der Waals surface area (Å²) < 4.78 is 29.5. The third-order valence-corrected chi connectivity index (χ3v) is 7.75. The lowest BCUT2D eigenvalue weighted by Crippen LogP contribution is -2.33. The van der Waals surface area contributed by atoms with E-state index >= 15 is 0 Å². The molecule has 186 valence electrons. The first-order valence-electron chi connectivity index (χ1n) is 11.2. The van der Waals surface area contributed by atoms with Crippen molar-refractivity contribution >= 4 is 44.8 Å². The van der Waals surface area contributed by atoms with Crippen molar-refractivity contribution in [2.75, 3.05) is 17.7 Å². The minimum absolute atomic E-state index is 0.148. The van der Waals surface area contributed by atoms with Gasteiger partial charge in [-0.05, 0) is 30.7 Å². The van der Waals surface area contributed by atoms with Crippen molar-refractivity contribution in [3.8, 4) is 11.8 Å². The zero-order chi connectivity index (χ0) is 25.8. The van der Waals surface area contributed by atoms with Crippen LogP contribution in [-0.2, 0) is 10.8 Å². The number of nitrogens with zero attached hydrogens (tertiary/aromatic N) is 7. The fourth-order valence-corrected chi connectivity index (χ4v) is 5.82. The fraction of sp³-hybridized carbons (Fsp3) is 0.208. The van der Waals surface area contributed by atoms with E-state index in [1.165, 1.54) is 33.6 Å². The number of hydrogen-bond acceptors (Lipinski definition) is 7. The molecule has 5 aromatic rings. The number of halogens is 2. The first kappa shape index (κ1) is 23.3. The van der Waals surface area contributed by atoms with E-state index in [0.29, 0.717) is 28.2 Å². The monoisotopic (exact) mass is 536 g/mol. The first-order valence-corrected chi connectivity index (χ1v) is 13.2. The highest BCUT2D eigenvalue weighted by atomic mass is 35.5. The minimum Gasteiger partial charge on any atom is -0.345 e. The molecule has 1 aliphatic heterocycles. The number of rotatable bonds is 4. The van der Waals surface area contributed by atoms with Crippen LogP contribution in [0.15, 0.2) is 58.7 Å². The summed E-state index contributed by atoms with van der Waals surface area (Å²) in [4.78, 5) is 27.9. The summed E-state index contributed by atoms with van der Waals surface area (Å²) in [6, 6.07) is 8.92. The van der Waals surface area contributed by atoms with Crippen LogP contribution in [0, 0.1) is 23.1 Å². The molecule has 1 aliphatic rings. The standard InChI is InChI=1S/C24H18ClFN8O2S/c1-37(36)18-10-28-21-19(18)23(30-12-29-21)32-11-13(9-27)7-17(32)22-31-33-6-5-16(25)20(33)24(35)34(22)15-4-2-3-14(26)8-15/h2-6,8,10,12-13,17H,7,11H2,1H3,(H,28,29,30)/t13-,17+,37-/m1/s1. The van der Waals surface area contributed by atoms with Crippen molar-refractivity contribution < 1.29 is 8.60 Å². The second-order valence-electron chi connectivity index (χ2n) is 8.69. The van der Waals surface area contributed by atoms with Crippen LogP contribution in [0.2, 0.25) is 5.02 Å². The lowest BCUT2D eigenvalue weighted by molar-refractivity contribution is 0.584. The normalized spacial score (nSPS) is 18.5. The predicted octanol–water partition coefficient (Wildman–Crippen LogP) is 3.38. The Hall–Kier alpha value is -4.08.